The molecule has 0 fully saturated rings. The van der Waals surface area contributed by atoms with Gasteiger partial charge in [0.15, 0.2) is 11.5 Å². The fourth-order valence-corrected chi connectivity index (χ4v) is 5.31. The highest BCUT2D eigenvalue weighted by Gasteiger charge is 2.30. The lowest BCUT2D eigenvalue weighted by molar-refractivity contribution is 0.176. The second-order valence-corrected chi connectivity index (χ2v) is 9.70. The predicted molar refractivity (Wildman–Crippen MR) is 124 cm³/mol. The van der Waals surface area contributed by atoms with Gasteiger partial charge in [-0.15, -0.1) is 0 Å². The van der Waals surface area contributed by atoms with Crippen molar-refractivity contribution >= 4 is 10.0 Å². The molecule has 1 N–H and O–H groups in total. The lowest BCUT2D eigenvalue weighted by atomic mass is 9.91. The second-order valence-electron chi connectivity index (χ2n) is 7.94. The van der Waals surface area contributed by atoms with Gasteiger partial charge in [0, 0.05) is 25.7 Å². The molecule has 1 aliphatic heterocycles. The van der Waals surface area contributed by atoms with Gasteiger partial charge < -0.3 is 9.47 Å². The fraction of sp³-hybridized carbons (Fsp3) is 0.280. The average Bonchev–Trinajstić information content (AvgIpc) is 2.83. The van der Waals surface area contributed by atoms with E-state index < -0.39 is 10.0 Å². The normalized spacial score (nSPS) is 16.3. The van der Waals surface area contributed by atoms with Crippen LogP contribution >= 0.6 is 0 Å². The van der Waals surface area contributed by atoms with Crippen LogP contribution in [-0.4, -0.2) is 40.6 Å². The molecule has 0 saturated carbocycles. The van der Waals surface area contributed by atoms with Crippen molar-refractivity contribution in [1.82, 2.24) is 9.62 Å². The minimum Gasteiger partial charge on any atom is -0.493 e. The number of hydrogen-bond acceptors (Lipinski definition) is 5. The van der Waals surface area contributed by atoms with E-state index in [2.05, 4.69) is 9.62 Å². The van der Waals surface area contributed by atoms with Crippen LogP contribution in [0.3, 0.4) is 0 Å². The van der Waals surface area contributed by atoms with E-state index in [9.17, 15) is 12.8 Å². The van der Waals surface area contributed by atoms with Crippen LogP contribution in [0.2, 0.25) is 0 Å². The smallest absolute Gasteiger partial charge is 0.240 e. The molecule has 33 heavy (non-hydrogen) atoms. The summed E-state index contributed by atoms with van der Waals surface area (Å²) in [7, 11) is -0.520. The number of nitrogens with one attached hydrogen (secondary N) is 1. The SMILES string of the molecule is COc1cc2c(cc1OC)C(CNS(=O)(=O)c1ccccc1)N(Cc1cccc(F)c1)CC2. The van der Waals surface area contributed by atoms with Crippen LogP contribution < -0.4 is 14.2 Å². The third-order valence-electron chi connectivity index (χ3n) is 5.91. The molecule has 1 aliphatic rings. The minimum atomic E-state index is -3.69. The van der Waals surface area contributed by atoms with Gasteiger partial charge in [0.25, 0.3) is 0 Å². The maximum Gasteiger partial charge on any atom is 0.240 e. The molecule has 0 radical (unpaired) electrons. The van der Waals surface area contributed by atoms with Gasteiger partial charge in [-0.3, -0.25) is 4.90 Å². The Bertz CT molecular complexity index is 1220. The Morgan fingerprint density at radius 1 is 1.00 bits per heavy atom. The van der Waals surface area contributed by atoms with Crippen molar-refractivity contribution in [1.29, 1.82) is 0 Å². The molecule has 0 aromatic heterocycles. The zero-order valence-electron chi connectivity index (χ0n) is 18.6. The monoisotopic (exact) mass is 470 g/mol. The Morgan fingerprint density at radius 3 is 2.42 bits per heavy atom. The van der Waals surface area contributed by atoms with Crippen molar-refractivity contribution in [2.75, 3.05) is 27.3 Å². The number of sulfonamides is 1. The van der Waals surface area contributed by atoms with Gasteiger partial charge in [0.2, 0.25) is 10.0 Å². The zero-order valence-corrected chi connectivity index (χ0v) is 19.4. The Hall–Kier alpha value is -2.94. The highest BCUT2D eigenvalue weighted by atomic mass is 32.2. The van der Waals surface area contributed by atoms with E-state index >= 15 is 0 Å². The van der Waals surface area contributed by atoms with Crippen LogP contribution in [0.5, 0.6) is 11.5 Å². The summed E-state index contributed by atoms with van der Waals surface area (Å²) in [4.78, 5) is 2.38. The van der Waals surface area contributed by atoms with Gasteiger partial charge in [-0.1, -0.05) is 30.3 Å². The molecular formula is C25H27FN2O4S. The molecule has 1 atom stereocenters. The molecular weight excluding hydrogens is 443 g/mol. The number of methoxy groups -OCH3 is 2. The summed E-state index contributed by atoms with van der Waals surface area (Å²) in [5.74, 6) is 0.927. The van der Waals surface area contributed by atoms with Gasteiger partial charge in [0.05, 0.1) is 19.1 Å². The highest BCUT2D eigenvalue weighted by Crippen LogP contribution is 2.38. The molecule has 3 aromatic carbocycles. The van der Waals surface area contributed by atoms with Crippen LogP contribution in [-0.2, 0) is 23.0 Å². The molecule has 0 spiro atoms. The largest absolute Gasteiger partial charge is 0.493 e. The summed E-state index contributed by atoms with van der Waals surface area (Å²) < 4.78 is 53.3. The van der Waals surface area contributed by atoms with E-state index in [4.69, 9.17) is 9.47 Å². The lowest BCUT2D eigenvalue weighted by Crippen LogP contribution is -2.41. The first-order chi connectivity index (χ1) is 15.9. The summed E-state index contributed by atoms with van der Waals surface area (Å²) in [6.45, 7) is 1.34. The van der Waals surface area contributed by atoms with Crippen molar-refractivity contribution < 1.29 is 22.3 Å². The first kappa shape index (κ1) is 23.2. The maximum absolute atomic E-state index is 13.8. The minimum absolute atomic E-state index is 0.162. The molecule has 0 amide bonds. The first-order valence-electron chi connectivity index (χ1n) is 10.7. The van der Waals surface area contributed by atoms with E-state index in [1.165, 1.54) is 12.1 Å². The van der Waals surface area contributed by atoms with Crippen LogP contribution in [0.1, 0.15) is 22.7 Å². The molecule has 8 heteroatoms. The topological polar surface area (TPSA) is 67.9 Å². The highest BCUT2D eigenvalue weighted by molar-refractivity contribution is 7.89. The molecule has 1 heterocycles. The number of halogens is 1. The van der Waals surface area contributed by atoms with Crippen molar-refractivity contribution in [2.24, 2.45) is 0 Å². The van der Waals surface area contributed by atoms with Crippen molar-refractivity contribution in [3.8, 4) is 11.5 Å². The Labute approximate surface area is 194 Å². The summed E-state index contributed by atoms with van der Waals surface area (Å²) >= 11 is 0. The van der Waals surface area contributed by atoms with Crippen molar-refractivity contribution in [3.63, 3.8) is 0 Å². The van der Waals surface area contributed by atoms with E-state index in [1.807, 2.05) is 18.2 Å². The molecule has 6 nitrogen and oxygen atoms in total. The molecule has 0 aliphatic carbocycles. The predicted octanol–water partition coefficient (Wildman–Crippen LogP) is 3.92. The summed E-state index contributed by atoms with van der Waals surface area (Å²) in [5.41, 5.74) is 2.87. The second kappa shape index (κ2) is 9.91. The van der Waals surface area contributed by atoms with Gasteiger partial charge in [-0.2, -0.15) is 0 Å². The Kier molecular flexibility index (Phi) is 6.97. The van der Waals surface area contributed by atoms with Gasteiger partial charge in [-0.05, 0) is 59.5 Å². The average molecular weight is 471 g/mol. The first-order valence-corrected chi connectivity index (χ1v) is 12.2. The van der Waals surface area contributed by atoms with Crippen molar-refractivity contribution in [3.05, 3.63) is 89.2 Å². The third kappa shape index (κ3) is 5.19. The number of ether oxygens (including phenoxy) is 2. The van der Waals surface area contributed by atoms with E-state index in [0.29, 0.717) is 24.6 Å². The number of hydrogen-bond donors (Lipinski definition) is 1. The van der Waals surface area contributed by atoms with Crippen molar-refractivity contribution in [2.45, 2.75) is 23.9 Å². The summed E-state index contributed by atoms with van der Waals surface area (Å²) in [5, 5.41) is 0. The molecule has 0 saturated heterocycles. The van der Waals surface area contributed by atoms with E-state index in [1.54, 1.807) is 50.6 Å². The molecule has 4 rings (SSSR count). The molecule has 0 bridgehead atoms. The Balaban J connectivity index is 1.67. The standard InChI is InChI=1S/C25H27FN2O4S/c1-31-24-14-19-11-12-28(17-18-7-6-8-20(26)13-18)23(22(19)15-25(24)32-2)16-27-33(29,30)21-9-4-3-5-10-21/h3-10,13-15,23,27H,11-12,16-17H2,1-2H3. The zero-order chi connectivity index (χ0) is 23.4. The van der Waals surface area contributed by atoms with Gasteiger partial charge >= 0.3 is 0 Å². The summed E-state index contributed by atoms with van der Waals surface area (Å²) in [6, 6.07) is 18.4. The van der Waals surface area contributed by atoms with E-state index in [-0.39, 0.29) is 23.3 Å². The number of benzene rings is 3. The lowest BCUT2D eigenvalue weighted by Gasteiger charge is -2.38. The van der Waals surface area contributed by atoms with Crippen LogP contribution in [0, 0.1) is 5.82 Å². The Morgan fingerprint density at radius 2 is 1.73 bits per heavy atom. The van der Waals surface area contributed by atoms with E-state index in [0.717, 1.165) is 23.1 Å². The van der Waals surface area contributed by atoms with Gasteiger partial charge in [0.1, 0.15) is 5.82 Å². The van der Waals surface area contributed by atoms with Crippen LogP contribution in [0.25, 0.3) is 0 Å². The van der Waals surface area contributed by atoms with Gasteiger partial charge in [-0.25, -0.2) is 17.5 Å². The number of rotatable bonds is 8. The fourth-order valence-electron chi connectivity index (χ4n) is 4.25. The molecule has 3 aromatic rings. The third-order valence-corrected chi connectivity index (χ3v) is 7.35. The summed E-state index contributed by atoms with van der Waals surface area (Å²) in [6.07, 6.45) is 0.757. The van der Waals surface area contributed by atoms with Crippen LogP contribution in [0.15, 0.2) is 71.6 Å². The quantitative estimate of drug-likeness (QED) is 0.541. The molecule has 1 unspecified atom stereocenters. The van der Waals surface area contributed by atoms with Crippen LogP contribution in [0.4, 0.5) is 4.39 Å². The maximum atomic E-state index is 13.8. The number of nitrogens with zero attached hydrogens (tertiary/aromatic N) is 1. The number of fused-ring (bicyclic) bond motifs is 1. The molecule has 174 valence electrons.